The highest BCUT2D eigenvalue weighted by molar-refractivity contribution is 5.91. The van der Waals surface area contributed by atoms with Crippen LogP contribution in [0.1, 0.15) is 11.1 Å². The van der Waals surface area contributed by atoms with Crippen LogP contribution < -0.4 is 5.32 Å². The van der Waals surface area contributed by atoms with Gasteiger partial charge in [-0.15, -0.1) is 0 Å². The minimum absolute atomic E-state index is 0.341. The first-order valence-electron chi connectivity index (χ1n) is 6.66. The Kier molecular flexibility index (Phi) is 4.90. The van der Waals surface area contributed by atoms with Gasteiger partial charge in [0.05, 0.1) is 19.1 Å². The molecule has 0 aliphatic heterocycles. The van der Waals surface area contributed by atoms with Gasteiger partial charge in [0.25, 0.3) is 0 Å². The van der Waals surface area contributed by atoms with E-state index in [1.54, 1.807) is 6.07 Å². The molecule has 0 bridgehead atoms. The highest BCUT2D eigenvalue weighted by Crippen LogP contribution is 2.38. The maximum absolute atomic E-state index is 13.2. The molecule has 2 N–H and O–H groups in total. The molecule has 1 amide bonds. The lowest BCUT2D eigenvalue weighted by molar-refractivity contribution is -0.263. The molecule has 1 atom stereocenters. The number of rotatable bonds is 5. The van der Waals surface area contributed by atoms with Crippen LogP contribution in [0.5, 0.6) is 0 Å². The number of alkyl halides is 3. The molecule has 0 radical (unpaired) electrons. The lowest BCUT2D eigenvalue weighted by Crippen LogP contribution is -2.50. The number of hydrogen-bond acceptors (Lipinski definition) is 3. The molecule has 0 fully saturated rings. The number of carbonyl (C=O) groups is 1. The maximum Gasteiger partial charge on any atom is 0.423 e. The summed E-state index contributed by atoms with van der Waals surface area (Å²) < 4.78 is 44.4. The third kappa shape index (κ3) is 4.01. The van der Waals surface area contributed by atoms with Gasteiger partial charge in [-0.05, 0) is 17.7 Å². The van der Waals surface area contributed by atoms with Crippen LogP contribution in [0.25, 0.3) is 6.08 Å². The van der Waals surface area contributed by atoms with Crippen molar-refractivity contribution in [2.45, 2.75) is 11.8 Å². The first-order valence-corrected chi connectivity index (χ1v) is 6.66. The zero-order chi connectivity index (χ0) is 16.9. The predicted octanol–water partition coefficient (Wildman–Crippen LogP) is 2.86. The smallest absolute Gasteiger partial charge is 0.423 e. The molecule has 0 aliphatic rings. The molecule has 1 heterocycles. The first-order chi connectivity index (χ1) is 10.8. The first kappa shape index (κ1) is 16.8. The number of aliphatic hydroxyl groups is 1. The highest BCUT2D eigenvalue weighted by Gasteiger charge is 2.54. The maximum atomic E-state index is 13.2. The minimum Gasteiger partial charge on any atom is -0.472 e. The Morgan fingerprint density at radius 1 is 1.22 bits per heavy atom. The molecule has 2 rings (SSSR count). The molecule has 0 aliphatic carbocycles. The van der Waals surface area contributed by atoms with Crippen LogP contribution in [0, 0.1) is 0 Å². The van der Waals surface area contributed by atoms with Gasteiger partial charge in [-0.2, -0.15) is 13.2 Å². The van der Waals surface area contributed by atoms with Gasteiger partial charge >= 0.3 is 6.18 Å². The number of hydrogen-bond donors (Lipinski definition) is 2. The molecule has 23 heavy (non-hydrogen) atoms. The van der Waals surface area contributed by atoms with Gasteiger partial charge in [-0.1, -0.05) is 30.3 Å². The zero-order valence-electron chi connectivity index (χ0n) is 11.9. The van der Waals surface area contributed by atoms with E-state index in [1.807, 2.05) is 0 Å². The monoisotopic (exact) mass is 325 g/mol. The van der Waals surface area contributed by atoms with Crippen molar-refractivity contribution in [1.29, 1.82) is 0 Å². The van der Waals surface area contributed by atoms with Crippen molar-refractivity contribution < 1.29 is 27.5 Å². The molecule has 0 spiro atoms. The second-order valence-corrected chi connectivity index (χ2v) is 4.83. The van der Waals surface area contributed by atoms with E-state index in [0.29, 0.717) is 5.56 Å². The summed E-state index contributed by atoms with van der Waals surface area (Å²) in [6, 6.07) is 8.19. The summed E-state index contributed by atoms with van der Waals surface area (Å²) in [5, 5.41) is 12.1. The van der Waals surface area contributed by atoms with E-state index < -0.39 is 24.2 Å². The van der Waals surface area contributed by atoms with Crippen LogP contribution in [-0.4, -0.2) is 23.7 Å². The molecule has 0 saturated heterocycles. The van der Waals surface area contributed by atoms with Crippen LogP contribution in [0.3, 0.4) is 0 Å². The van der Waals surface area contributed by atoms with Gasteiger partial charge in [-0.3, -0.25) is 4.79 Å². The molecule has 0 unspecified atom stereocenters. The Hall–Kier alpha value is -2.54. The van der Waals surface area contributed by atoms with E-state index in [2.05, 4.69) is 5.32 Å². The van der Waals surface area contributed by atoms with Crippen molar-refractivity contribution in [2.75, 3.05) is 6.54 Å². The quantitative estimate of drug-likeness (QED) is 0.831. The number of carbonyl (C=O) groups excluding carboxylic acids is 1. The summed E-state index contributed by atoms with van der Waals surface area (Å²) in [6.45, 7) is -0.991. The van der Waals surface area contributed by atoms with Gasteiger partial charge in [0, 0.05) is 11.6 Å². The van der Waals surface area contributed by atoms with Crippen molar-refractivity contribution in [2.24, 2.45) is 0 Å². The van der Waals surface area contributed by atoms with Crippen LogP contribution in [0.2, 0.25) is 0 Å². The van der Waals surface area contributed by atoms with E-state index in [-0.39, 0.29) is 5.56 Å². The van der Waals surface area contributed by atoms with E-state index in [4.69, 9.17) is 4.42 Å². The normalized spacial score (nSPS) is 14.6. The van der Waals surface area contributed by atoms with Crippen LogP contribution in [-0.2, 0) is 10.4 Å². The molecule has 0 saturated carbocycles. The van der Waals surface area contributed by atoms with Gasteiger partial charge < -0.3 is 14.8 Å². The predicted molar refractivity (Wildman–Crippen MR) is 77.1 cm³/mol. The highest BCUT2D eigenvalue weighted by atomic mass is 19.4. The van der Waals surface area contributed by atoms with Crippen LogP contribution >= 0.6 is 0 Å². The van der Waals surface area contributed by atoms with E-state index in [0.717, 1.165) is 18.2 Å². The number of furan rings is 1. The molecule has 122 valence electrons. The molecule has 2 aromatic rings. The van der Waals surface area contributed by atoms with Crippen molar-refractivity contribution in [3.63, 3.8) is 0 Å². The Bertz CT molecular complexity index is 666. The summed E-state index contributed by atoms with van der Waals surface area (Å²) in [4.78, 5) is 11.6. The van der Waals surface area contributed by atoms with Crippen LogP contribution in [0.4, 0.5) is 13.2 Å². The van der Waals surface area contributed by atoms with E-state index in [9.17, 15) is 23.1 Å². The lowest BCUT2D eigenvalue weighted by atomic mass is 9.93. The Balaban J connectivity index is 2.09. The average molecular weight is 325 g/mol. The lowest BCUT2D eigenvalue weighted by Gasteiger charge is -2.31. The Morgan fingerprint density at radius 3 is 2.48 bits per heavy atom. The SMILES string of the molecule is O=C(/C=C/c1ccoc1)NC[C@](O)(c1ccccc1)C(F)(F)F. The molecule has 4 nitrogen and oxygen atoms in total. The van der Waals surface area contributed by atoms with Crippen molar-refractivity contribution in [3.05, 3.63) is 66.1 Å². The van der Waals surface area contributed by atoms with Crippen molar-refractivity contribution >= 4 is 12.0 Å². The fourth-order valence-electron chi connectivity index (χ4n) is 1.90. The second kappa shape index (κ2) is 6.70. The molecule has 7 heteroatoms. The minimum atomic E-state index is -4.93. The van der Waals surface area contributed by atoms with E-state index >= 15 is 0 Å². The van der Waals surface area contributed by atoms with Gasteiger partial charge in [0.1, 0.15) is 0 Å². The molecular formula is C16H14F3NO3. The van der Waals surface area contributed by atoms with Gasteiger partial charge in [0.2, 0.25) is 11.5 Å². The zero-order valence-corrected chi connectivity index (χ0v) is 11.9. The van der Waals surface area contributed by atoms with Gasteiger partial charge in [0.15, 0.2) is 0 Å². The summed E-state index contributed by atoms with van der Waals surface area (Å²) in [6.07, 6.45) is 0.283. The Labute approximate surface area is 130 Å². The third-order valence-electron chi connectivity index (χ3n) is 3.21. The summed E-state index contributed by atoms with van der Waals surface area (Å²) in [5.74, 6) is -0.759. The molecule has 1 aromatic heterocycles. The number of amides is 1. The standard InChI is InChI=1S/C16H14F3NO3/c17-16(18,19)15(22,13-4-2-1-3-5-13)11-20-14(21)7-6-12-8-9-23-10-12/h1-10,22H,11H2,(H,20,21)/b7-6+/t15-/m0/s1. The number of benzene rings is 1. The number of halogens is 3. The third-order valence-corrected chi connectivity index (χ3v) is 3.21. The average Bonchev–Trinajstić information content (AvgIpc) is 3.03. The summed E-state index contributed by atoms with van der Waals surface area (Å²) >= 11 is 0. The van der Waals surface area contributed by atoms with Gasteiger partial charge in [-0.25, -0.2) is 0 Å². The summed E-state index contributed by atoms with van der Waals surface area (Å²) in [5.41, 5.74) is -2.91. The second-order valence-electron chi connectivity index (χ2n) is 4.83. The van der Waals surface area contributed by atoms with Crippen LogP contribution in [0.15, 0.2) is 59.4 Å². The Morgan fingerprint density at radius 2 is 1.91 bits per heavy atom. The van der Waals surface area contributed by atoms with Crippen molar-refractivity contribution in [1.82, 2.24) is 5.32 Å². The molecule has 1 aromatic carbocycles. The largest absolute Gasteiger partial charge is 0.472 e. The molecular weight excluding hydrogens is 311 g/mol. The van der Waals surface area contributed by atoms with Crippen molar-refractivity contribution in [3.8, 4) is 0 Å². The summed E-state index contributed by atoms with van der Waals surface area (Å²) in [7, 11) is 0. The number of nitrogens with one attached hydrogen (secondary N) is 1. The fraction of sp³-hybridized carbons (Fsp3) is 0.188. The fourth-order valence-corrected chi connectivity index (χ4v) is 1.90. The topological polar surface area (TPSA) is 62.5 Å². The van der Waals surface area contributed by atoms with E-state index in [1.165, 1.54) is 36.8 Å².